The van der Waals surface area contributed by atoms with E-state index in [1.165, 1.54) is 0 Å². The third-order valence-electron chi connectivity index (χ3n) is 3.17. The van der Waals surface area contributed by atoms with Crippen molar-refractivity contribution in [3.05, 3.63) is 62.7 Å². The summed E-state index contributed by atoms with van der Waals surface area (Å²) < 4.78 is 0. The van der Waals surface area contributed by atoms with Crippen molar-refractivity contribution in [3.63, 3.8) is 0 Å². The average molecular weight is 299 g/mol. The second kappa shape index (κ2) is 5.41. The number of anilines is 1. The van der Waals surface area contributed by atoms with Crippen molar-refractivity contribution in [1.29, 1.82) is 0 Å². The fourth-order valence-corrected chi connectivity index (χ4v) is 2.71. The molecule has 0 bridgehead atoms. The SMILES string of the molecule is Nc1cc2ccccc2cc1C(=O)NCc1csc(=O)[nH]1. The van der Waals surface area contributed by atoms with Crippen molar-refractivity contribution in [2.45, 2.75) is 6.54 Å². The smallest absolute Gasteiger partial charge is 0.304 e. The van der Waals surface area contributed by atoms with E-state index in [4.69, 9.17) is 5.73 Å². The molecule has 106 valence electrons. The van der Waals surface area contributed by atoms with Crippen LogP contribution in [0.2, 0.25) is 0 Å². The standard InChI is InChI=1S/C15H13N3O2S/c16-13-6-10-4-2-1-3-9(10)5-12(13)14(19)17-7-11-8-21-15(20)18-11/h1-6,8H,7,16H2,(H,17,19)(H,18,20). The lowest BCUT2D eigenvalue weighted by Crippen LogP contribution is -2.24. The molecular weight excluding hydrogens is 286 g/mol. The molecule has 6 heteroatoms. The highest BCUT2D eigenvalue weighted by molar-refractivity contribution is 7.07. The Balaban J connectivity index is 1.83. The van der Waals surface area contributed by atoms with Gasteiger partial charge in [-0.3, -0.25) is 9.59 Å². The van der Waals surface area contributed by atoms with E-state index in [0.29, 0.717) is 16.9 Å². The van der Waals surface area contributed by atoms with Gasteiger partial charge in [-0.1, -0.05) is 35.6 Å². The summed E-state index contributed by atoms with van der Waals surface area (Å²) in [6, 6.07) is 11.3. The number of nitrogens with two attached hydrogens (primary N) is 1. The van der Waals surface area contributed by atoms with E-state index < -0.39 is 0 Å². The van der Waals surface area contributed by atoms with E-state index in [-0.39, 0.29) is 17.3 Å². The number of fused-ring (bicyclic) bond motifs is 1. The maximum absolute atomic E-state index is 12.2. The van der Waals surface area contributed by atoms with Gasteiger partial charge in [0.25, 0.3) is 5.91 Å². The molecule has 1 amide bonds. The van der Waals surface area contributed by atoms with Gasteiger partial charge in [0.2, 0.25) is 0 Å². The molecule has 2 aromatic carbocycles. The molecule has 1 heterocycles. The predicted octanol–water partition coefficient (Wildman–Crippen LogP) is 2.10. The number of nitrogen functional groups attached to an aromatic ring is 1. The van der Waals surface area contributed by atoms with E-state index in [9.17, 15) is 9.59 Å². The fraction of sp³-hybridized carbons (Fsp3) is 0.0667. The number of hydrogen-bond donors (Lipinski definition) is 3. The first-order valence-electron chi connectivity index (χ1n) is 6.36. The van der Waals surface area contributed by atoms with Crippen LogP contribution in [0.1, 0.15) is 16.1 Å². The summed E-state index contributed by atoms with van der Waals surface area (Å²) in [6.45, 7) is 0.268. The summed E-state index contributed by atoms with van der Waals surface area (Å²) in [4.78, 5) is 25.8. The van der Waals surface area contributed by atoms with Crippen molar-refractivity contribution in [2.24, 2.45) is 0 Å². The highest BCUT2D eigenvalue weighted by Gasteiger charge is 2.11. The predicted molar refractivity (Wildman–Crippen MR) is 84.5 cm³/mol. The van der Waals surface area contributed by atoms with Crippen LogP contribution in [0.4, 0.5) is 5.69 Å². The lowest BCUT2D eigenvalue weighted by atomic mass is 10.0. The molecule has 5 nitrogen and oxygen atoms in total. The van der Waals surface area contributed by atoms with Gasteiger partial charge in [-0.15, -0.1) is 0 Å². The van der Waals surface area contributed by atoms with Crippen LogP contribution >= 0.6 is 11.3 Å². The van der Waals surface area contributed by atoms with Gasteiger partial charge in [-0.05, 0) is 22.9 Å². The molecule has 0 atom stereocenters. The number of amides is 1. The third-order valence-corrected chi connectivity index (χ3v) is 3.89. The minimum absolute atomic E-state index is 0.135. The van der Waals surface area contributed by atoms with Crippen molar-refractivity contribution < 1.29 is 4.79 Å². The number of aromatic amines is 1. The maximum atomic E-state index is 12.2. The minimum Gasteiger partial charge on any atom is -0.398 e. The number of benzene rings is 2. The monoisotopic (exact) mass is 299 g/mol. The molecule has 0 saturated heterocycles. The zero-order chi connectivity index (χ0) is 14.8. The molecule has 0 aliphatic rings. The van der Waals surface area contributed by atoms with Gasteiger partial charge >= 0.3 is 4.87 Å². The zero-order valence-corrected chi connectivity index (χ0v) is 11.9. The van der Waals surface area contributed by atoms with Gasteiger partial charge in [0, 0.05) is 16.8 Å². The van der Waals surface area contributed by atoms with Crippen LogP contribution in [0.3, 0.4) is 0 Å². The molecule has 0 fully saturated rings. The number of H-pyrrole nitrogens is 1. The molecule has 4 N–H and O–H groups in total. The van der Waals surface area contributed by atoms with E-state index >= 15 is 0 Å². The van der Waals surface area contributed by atoms with Gasteiger partial charge < -0.3 is 16.0 Å². The highest BCUT2D eigenvalue weighted by Crippen LogP contribution is 2.21. The van der Waals surface area contributed by atoms with Crippen LogP contribution in [0, 0.1) is 0 Å². The summed E-state index contributed by atoms with van der Waals surface area (Å²) in [7, 11) is 0. The Hall–Kier alpha value is -2.60. The first kappa shape index (κ1) is 13.4. The van der Waals surface area contributed by atoms with Crippen LogP contribution in [0.25, 0.3) is 10.8 Å². The first-order valence-corrected chi connectivity index (χ1v) is 7.24. The van der Waals surface area contributed by atoms with Gasteiger partial charge in [0.15, 0.2) is 0 Å². The zero-order valence-electron chi connectivity index (χ0n) is 11.1. The summed E-state index contributed by atoms with van der Waals surface area (Å²) in [5.41, 5.74) is 7.49. The fourth-order valence-electron chi connectivity index (χ4n) is 2.13. The Bertz CT molecular complexity index is 866. The number of rotatable bonds is 3. The van der Waals surface area contributed by atoms with Crippen LogP contribution in [0.15, 0.2) is 46.6 Å². The molecule has 0 radical (unpaired) electrons. The van der Waals surface area contributed by atoms with Crippen molar-refractivity contribution >= 4 is 33.7 Å². The Labute approximate surface area is 124 Å². The van der Waals surface area contributed by atoms with Crippen LogP contribution in [0.5, 0.6) is 0 Å². The van der Waals surface area contributed by atoms with E-state index in [1.54, 1.807) is 17.5 Å². The van der Waals surface area contributed by atoms with E-state index in [1.807, 2.05) is 24.3 Å². The van der Waals surface area contributed by atoms with Gasteiger partial charge in [-0.25, -0.2) is 0 Å². The maximum Gasteiger partial charge on any atom is 0.304 e. The Kier molecular flexibility index (Phi) is 3.45. The quantitative estimate of drug-likeness (QED) is 0.647. The van der Waals surface area contributed by atoms with Gasteiger partial charge in [0.05, 0.1) is 12.1 Å². The van der Waals surface area contributed by atoms with E-state index in [2.05, 4.69) is 10.3 Å². The molecule has 3 aromatic rings. The topological polar surface area (TPSA) is 88.0 Å². The van der Waals surface area contributed by atoms with Crippen molar-refractivity contribution in [2.75, 3.05) is 5.73 Å². The van der Waals surface area contributed by atoms with Gasteiger partial charge in [0.1, 0.15) is 0 Å². The Morgan fingerprint density at radius 2 is 1.95 bits per heavy atom. The number of carbonyl (C=O) groups is 1. The molecule has 0 aliphatic carbocycles. The summed E-state index contributed by atoms with van der Waals surface area (Å²) >= 11 is 1.07. The number of carbonyl (C=O) groups excluding carboxylic acids is 1. The molecular formula is C15H13N3O2S. The second-order valence-corrected chi connectivity index (χ2v) is 5.48. The lowest BCUT2D eigenvalue weighted by molar-refractivity contribution is 0.0951. The third kappa shape index (κ3) is 2.80. The van der Waals surface area contributed by atoms with Gasteiger partial charge in [-0.2, -0.15) is 0 Å². The number of hydrogen-bond acceptors (Lipinski definition) is 4. The van der Waals surface area contributed by atoms with Crippen LogP contribution in [-0.4, -0.2) is 10.9 Å². The summed E-state index contributed by atoms with van der Waals surface area (Å²) in [5, 5.41) is 6.39. The highest BCUT2D eigenvalue weighted by atomic mass is 32.1. The van der Waals surface area contributed by atoms with Crippen molar-refractivity contribution in [1.82, 2.24) is 10.3 Å². The number of thiazole rings is 1. The average Bonchev–Trinajstić information content (AvgIpc) is 2.89. The lowest BCUT2D eigenvalue weighted by Gasteiger charge is -2.08. The first-order chi connectivity index (χ1) is 10.1. The van der Waals surface area contributed by atoms with Crippen LogP contribution in [-0.2, 0) is 6.54 Å². The summed E-state index contributed by atoms with van der Waals surface area (Å²) in [6.07, 6.45) is 0. The normalized spacial score (nSPS) is 10.7. The summed E-state index contributed by atoms with van der Waals surface area (Å²) in [5.74, 6) is -0.259. The molecule has 1 aromatic heterocycles. The molecule has 0 saturated carbocycles. The van der Waals surface area contributed by atoms with Crippen LogP contribution < -0.4 is 15.9 Å². The Morgan fingerprint density at radius 1 is 1.24 bits per heavy atom. The van der Waals surface area contributed by atoms with E-state index in [0.717, 1.165) is 22.1 Å². The number of aromatic nitrogens is 1. The largest absolute Gasteiger partial charge is 0.398 e. The van der Waals surface area contributed by atoms with Crippen molar-refractivity contribution in [3.8, 4) is 0 Å². The molecule has 0 unspecified atom stereocenters. The molecule has 0 aliphatic heterocycles. The minimum atomic E-state index is -0.259. The molecule has 0 spiro atoms. The second-order valence-electron chi connectivity index (χ2n) is 4.64. The molecule has 3 rings (SSSR count). The molecule has 21 heavy (non-hydrogen) atoms. The Morgan fingerprint density at radius 3 is 2.62 bits per heavy atom. The number of nitrogens with one attached hydrogen (secondary N) is 2.